The molecular weight excluding hydrogens is 220 g/mol. The predicted molar refractivity (Wildman–Crippen MR) is 64.5 cm³/mol. The van der Waals surface area contributed by atoms with Crippen molar-refractivity contribution in [1.82, 2.24) is 15.6 Å². The van der Waals surface area contributed by atoms with Crippen LogP contribution in [0.5, 0.6) is 0 Å². The second-order valence-corrected chi connectivity index (χ2v) is 3.47. The van der Waals surface area contributed by atoms with Gasteiger partial charge in [-0.3, -0.25) is 15.1 Å². The molecule has 0 amide bonds. The second-order valence-electron chi connectivity index (χ2n) is 3.47. The van der Waals surface area contributed by atoms with Gasteiger partial charge in [0, 0.05) is 19.4 Å². The smallest absolute Gasteiger partial charge is 0.274 e. The molecule has 1 aromatic rings. The van der Waals surface area contributed by atoms with Crippen molar-refractivity contribution < 1.29 is 4.92 Å². The number of rotatable bonds is 6. The number of hydrogen-bond donors (Lipinski definition) is 2. The molecule has 0 radical (unpaired) electrons. The van der Waals surface area contributed by atoms with Gasteiger partial charge >= 0.3 is 0 Å². The van der Waals surface area contributed by atoms with Crippen LogP contribution in [0.1, 0.15) is 24.9 Å². The normalized spacial score (nSPS) is 12.9. The van der Waals surface area contributed by atoms with E-state index in [1.54, 1.807) is 19.4 Å². The maximum Gasteiger partial charge on any atom is 0.274 e. The SMILES string of the molecule is CCC(N/C(=C/[N+](=O)[O-])NC)c1cccnc1. The molecule has 0 fully saturated rings. The van der Waals surface area contributed by atoms with Crippen LogP contribution in [0.25, 0.3) is 0 Å². The molecule has 0 aliphatic rings. The van der Waals surface area contributed by atoms with E-state index in [0.29, 0.717) is 5.82 Å². The molecule has 1 aromatic heterocycles. The highest BCUT2D eigenvalue weighted by Gasteiger charge is 2.11. The third kappa shape index (κ3) is 4.10. The summed E-state index contributed by atoms with van der Waals surface area (Å²) in [6.07, 6.45) is 5.17. The third-order valence-electron chi connectivity index (χ3n) is 2.33. The van der Waals surface area contributed by atoms with E-state index in [-0.39, 0.29) is 6.04 Å². The summed E-state index contributed by atoms with van der Waals surface area (Å²) in [6.45, 7) is 2.00. The summed E-state index contributed by atoms with van der Waals surface area (Å²) >= 11 is 0. The molecule has 1 rings (SSSR count). The molecular formula is C11H16N4O2. The van der Waals surface area contributed by atoms with Gasteiger partial charge in [-0.05, 0) is 18.1 Å². The fourth-order valence-electron chi connectivity index (χ4n) is 1.47. The van der Waals surface area contributed by atoms with Crippen molar-refractivity contribution in [2.45, 2.75) is 19.4 Å². The van der Waals surface area contributed by atoms with E-state index in [1.165, 1.54) is 0 Å². The Bertz CT molecular complexity index is 392. The Morgan fingerprint density at radius 2 is 2.47 bits per heavy atom. The molecule has 0 bridgehead atoms. The van der Waals surface area contributed by atoms with Gasteiger partial charge in [-0.1, -0.05) is 13.0 Å². The van der Waals surface area contributed by atoms with Crippen LogP contribution in [-0.4, -0.2) is 17.0 Å². The number of nitrogens with one attached hydrogen (secondary N) is 2. The fourth-order valence-corrected chi connectivity index (χ4v) is 1.47. The molecule has 92 valence electrons. The van der Waals surface area contributed by atoms with Gasteiger partial charge in [-0.2, -0.15) is 0 Å². The van der Waals surface area contributed by atoms with Crippen molar-refractivity contribution in [2.75, 3.05) is 7.05 Å². The molecule has 1 atom stereocenters. The van der Waals surface area contributed by atoms with E-state index in [1.807, 2.05) is 19.1 Å². The molecule has 6 nitrogen and oxygen atoms in total. The number of hydrogen-bond acceptors (Lipinski definition) is 5. The molecule has 0 aliphatic heterocycles. The zero-order valence-electron chi connectivity index (χ0n) is 9.88. The summed E-state index contributed by atoms with van der Waals surface area (Å²) < 4.78 is 0. The Kier molecular flexibility index (Phi) is 4.93. The maximum absolute atomic E-state index is 10.4. The van der Waals surface area contributed by atoms with Crippen LogP contribution in [0.3, 0.4) is 0 Å². The van der Waals surface area contributed by atoms with E-state index >= 15 is 0 Å². The minimum Gasteiger partial charge on any atom is -0.370 e. The first-order valence-corrected chi connectivity index (χ1v) is 5.37. The van der Waals surface area contributed by atoms with Crippen LogP contribution in [0.2, 0.25) is 0 Å². The highest BCUT2D eigenvalue weighted by atomic mass is 16.6. The Balaban J connectivity index is 2.79. The molecule has 1 unspecified atom stereocenters. The molecule has 2 N–H and O–H groups in total. The van der Waals surface area contributed by atoms with E-state index in [0.717, 1.165) is 18.2 Å². The lowest BCUT2D eigenvalue weighted by atomic mass is 10.1. The Labute approximate surface area is 99.9 Å². The van der Waals surface area contributed by atoms with Gasteiger partial charge in [-0.15, -0.1) is 0 Å². The topological polar surface area (TPSA) is 80.1 Å². The second kappa shape index (κ2) is 6.47. The fraction of sp³-hybridized carbons (Fsp3) is 0.364. The molecule has 0 aromatic carbocycles. The van der Waals surface area contributed by atoms with Crippen molar-refractivity contribution in [3.8, 4) is 0 Å². The molecule has 0 saturated carbocycles. The van der Waals surface area contributed by atoms with E-state index < -0.39 is 4.92 Å². The summed E-state index contributed by atoms with van der Waals surface area (Å²) in [6, 6.07) is 3.78. The van der Waals surface area contributed by atoms with Gasteiger partial charge in [0.2, 0.25) is 0 Å². The van der Waals surface area contributed by atoms with Gasteiger partial charge in [-0.25, -0.2) is 0 Å². The largest absolute Gasteiger partial charge is 0.370 e. The lowest BCUT2D eigenvalue weighted by molar-refractivity contribution is -0.404. The molecule has 6 heteroatoms. The number of nitrogens with zero attached hydrogens (tertiary/aromatic N) is 2. The van der Waals surface area contributed by atoms with Crippen molar-refractivity contribution in [3.05, 3.63) is 52.2 Å². The summed E-state index contributed by atoms with van der Waals surface area (Å²) in [5.41, 5.74) is 1.000. The first kappa shape index (κ1) is 13.0. The monoisotopic (exact) mass is 236 g/mol. The Morgan fingerprint density at radius 1 is 1.71 bits per heavy atom. The molecule has 0 spiro atoms. The van der Waals surface area contributed by atoms with Crippen LogP contribution >= 0.6 is 0 Å². The van der Waals surface area contributed by atoms with Gasteiger partial charge in [0.15, 0.2) is 5.82 Å². The maximum atomic E-state index is 10.4. The van der Waals surface area contributed by atoms with Gasteiger partial charge in [0.25, 0.3) is 6.20 Å². The van der Waals surface area contributed by atoms with Crippen LogP contribution in [-0.2, 0) is 0 Å². The van der Waals surface area contributed by atoms with Crippen molar-refractivity contribution in [1.29, 1.82) is 0 Å². The average molecular weight is 236 g/mol. The van der Waals surface area contributed by atoms with Crippen LogP contribution in [0.4, 0.5) is 0 Å². The van der Waals surface area contributed by atoms with E-state index in [9.17, 15) is 10.1 Å². The van der Waals surface area contributed by atoms with Gasteiger partial charge < -0.3 is 10.6 Å². The Morgan fingerprint density at radius 3 is 2.94 bits per heavy atom. The lowest BCUT2D eigenvalue weighted by Gasteiger charge is -2.18. The average Bonchev–Trinajstić information content (AvgIpc) is 2.35. The highest BCUT2D eigenvalue weighted by Crippen LogP contribution is 2.15. The minimum absolute atomic E-state index is 0.00218. The van der Waals surface area contributed by atoms with Gasteiger partial charge in [0.05, 0.1) is 11.0 Å². The summed E-state index contributed by atoms with van der Waals surface area (Å²) in [7, 11) is 1.64. The summed E-state index contributed by atoms with van der Waals surface area (Å²) in [5, 5.41) is 16.2. The highest BCUT2D eigenvalue weighted by molar-refractivity contribution is 5.15. The molecule has 0 aliphatic carbocycles. The summed E-state index contributed by atoms with van der Waals surface area (Å²) in [4.78, 5) is 14.0. The number of nitro groups is 1. The van der Waals surface area contributed by atoms with Crippen LogP contribution in [0, 0.1) is 10.1 Å². The molecule has 1 heterocycles. The van der Waals surface area contributed by atoms with Crippen molar-refractivity contribution >= 4 is 0 Å². The molecule has 17 heavy (non-hydrogen) atoms. The zero-order valence-corrected chi connectivity index (χ0v) is 9.88. The first-order chi connectivity index (χ1) is 8.17. The van der Waals surface area contributed by atoms with Crippen LogP contribution < -0.4 is 10.6 Å². The molecule has 0 saturated heterocycles. The van der Waals surface area contributed by atoms with Crippen LogP contribution in [0.15, 0.2) is 36.5 Å². The first-order valence-electron chi connectivity index (χ1n) is 5.37. The summed E-state index contributed by atoms with van der Waals surface area (Å²) in [5.74, 6) is 0.380. The standard InChI is InChI=1S/C11H16N4O2/c1-3-10(9-5-4-6-13-7-9)14-11(12-2)8-15(16)17/h4-8,10,12,14H,3H2,1-2H3/b11-8+. The van der Waals surface area contributed by atoms with E-state index in [2.05, 4.69) is 15.6 Å². The van der Waals surface area contributed by atoms with Crippen molar-refractivity contribution in [3.63, 3.8) is 0 Å². The minimum atomic E-state index is -0.491. The number of aromatic nitrogens is 1. The Hall–Kier alpha value is -2.11. The lowest BCUT2D eigenvalue weighted by Crippen LogP contribution is -2.28. The third-order valence-corrected chi connectivity index (χ3v) is 2.33. The predicted octanol–water partition coefficient (Wildman–Crippen LogP) is 1.42. The van der Waals surface area contributed by atoms with Crippen molar-refractivity contribution in [2.24, 2.45) is 0 Å². The zero-order chi connectivity index (χ0) is 12.7. The van der Waals surface area contributed by atoms with E-state index in [4.69, 9.17) is 0 Å². The number of pyridine rings is 1. The quantitative estimate of drug-likeness (QED) is 0.576. The van der Waals surface area contributed by atoms with Gasteiger partial charge in [0.1, 0.15) is 0 Å².